The molecule has 0 spiro atoms. The van der Waals surface area contributed by atoms with E-state index in [2.05, 4.69) is 21.2 Å². The van der Waals surface area contributed by atoms with Crippen molar-refractivity contribution in [1.82, 2.24) is 0 Å². The fraction of sp³-hybridized carbons (Fsp3) is 0.167. The van der Waals surface area contributed by atoms with E-state index in [0.29, 0.717) is 12.2 Å². The Hall–Kier alpha value is -0.720. The monoisotopic (exact) mass is 369 g/mol. The molecule has 19 heavy (non-hydrogen) atoms. The van der Waals surface area contributed by atoms with Crippen LogP contribution in [0.25, 0.3) is 0 Å². The largest absolute Gasteiger partial charge is 0.416 e. The van der Waals surface area contributed by atoms with Crippen molar-refractivity contribution in [3.8, 4) is 0 Å². The third kappa shape index (κ3) is 3.64. The molecule has 1 aromatic heterocycles. The van der Waals surface area contributed by atoms with Gasteiger partial charge in [-0.2, -0.15) is 13.2 Å². The van der Waals surface area contributed by atoms with Gasteiger partial charge in [0.25, 0.3) is 0 Å². The lowest BCUT2D eigenvalue weighted by molar-refractivity contribution is -0.137. The van der Waals surface area contributed by atoms with E-state index in [0.717, 1.165) is 21.5 Å². The predicted octanol–water partition coefficient (Wildman–Crippen LogP) is 5.79. The summed E-state index contributed by atoms with van der Waals surface area (Å²) in [5.41, 5.74) is -0.268. The van der Waals surface area contributed by atoms with Gasteiger partial charge in [0.2, 0.25) is 0 Å². The molecule has 0 amide bonds. The highest BCUT2D eigenvalue weighted by molar-refractivity contribution is 9.10. The molecule has 0 bridgehead atoms. The minimum atomic E-state index is -4.38. The second-order valence-corrected chi connectivity index (χ2v) is 6.00. The Kier molecular flexibility index (Phi) is 4.43. The van der Waals surface area contributed by atoms with E-state index in [9.17, 15) is 13.2 Å². The number of benzene rings is 1. The normalized spacial score (nSPS) is 11.6. The molecule has 0 saturated heterocycles. The average Bonchev–Trinajstić information content (AvgIpc) is 2.72. The zero-order valence-corrected chi connectivity index (χ0v) is 12.6. The number of halogens is 5. The van der Waals surface area contributed by atoms with Gasteiger partial charge in [0.05, 0.1) is 22.8 Å². The van der Waals surface area contributed by atoms with Gasteiger partial charge < -0.3 is 5.32 Å². The summed E-state index contributed by atoms with van der Waals surface area (Å²) in [5.74, 6) is 0. The third-order valence-corrected chi connectivity index (χ3v) is 4.67. The zero-order valence-electron chi connectivity index (χ0n) is 9.39. The van der Waals surface area contributed by atoms with E-state index in [4.69, 9.17) is 11.6 Å². The lowest BCUT2D eigenvalue weighted by atomic mass is 10.2. The molecular formula is C12H8BrClF3NS. The fourth-order valence-electron chi connectivity index (χ4n) is 1.46. The number of alkyl halides is 3. The standard InChI is InChI=1S/C12H8BrClF3NS/c13-8-3-4-19-11(8)6-18-10-2-1-7(5-9(10)14)12(15,16)17/h1-5,18H,6H2. The van der Waals surface area contributed by atoms with Crippen molar-refractivity contribution in [3.63, 3.8) is 0 Å². The lowest BCUT2D eigenvalue weighted by Crippen LogP contribution is -2.06. The molecule has 1 heterocycles. The molecule has 1 nitrogen and oxygen atoms in total. The van der Waals surface area contributed by atoms with Crippen LogP contribution in [-0.2, 0) is 12.7 Å². The first-order valence-electron chi connectivity index (χ1n) is 5.20. The highest BCUT2D eigenvalue weighted by Crippen LogP contribution is 2.34. The van der Waals surface area contributed by atoms with Gasteiger partial charge >= 0.3 is 6.18 Å². The minimum absolute atomic E-state index is 0.0579. The summed E-state index contributed by atoms with van der Waals surface area (Å²) in [5, 5.41) is 5.00. The van der Waals surface area contributed by atoms with Crippen molar-refractivity contribution in [2.75, 3.05) is 5.32 Å². The molecule has 0 saturated carbocycles. The molecule has 0 aliphatic heterocycles. The molecular weight excluding hydrogens is 363 g/mol. The van der Waals surface area contributed by atoms with Crippen molar-refractivity contribution in [1.29, 1.82) is 0 Å². The van der Waals surface area contributed by atoms with Gasteiger partial charge in [-0.1, -0.05) is 11.6 Å². The number of rotatable bonds is 3. The number of thiophene rings is 1. The minimum Gasteiger partial charge on any atom is -0.379 e. The van der Waals surface area contributed by atoms with E-state index >= 15 is 0 Å². The predicted molar refractivity (Wildman–Crippen MR) is 75.8 cm³/mol. The number of anilines is 1. The number of hydrogen-bond acceptors (Lipinski definition) is 2. The quantitative estimate of drug-likeness (QED) is 0.720. The van der Waals surface area contributed by atoms with Crippen molar-refractivity contribution in [2.45, 2.75) is 12.7 Å². The van der Waals surface area contributed by atoms with E-state index < -0.39 is 11.7 Å². The van der Waals surface area contributed by atoms with Crippen LogP contribution < -0.4 is 5.32 Å². The maximum atomic E-state index is 12.5. The average molecular weight is 371 g/mol. The topological polar surface area (TPSA) is 12.0 Å². The Morgan fingerprint density at radius 1 is 1.26 bits per heavy atom. The van der Waals surface area contributed by atoms with E-state index in [1.54, 1.807) is 11.3 Å². The smallest absolute Gasteiger partial charge is 0.379 e. The Morgan fingerprint density at radius 2 is 2.00 bits per heavy atom. The van der Waals surface area contributed by atoms with Crippen LogP contribution in [0.15, 0.2) is 34.1 Å². The van der Waals surface area contributed by atoms with Crippen molar-refractivity contribution in [3.05, 3.63) is 49.6 Å². The van der Waals surface area contributed by atoms with Gasteiger partial charge in [-0.3, -0.25) is 0 Å². The molecule has 102 valence electrons. The van der Waals surface area contributed by atoms with Crippen LogP contribution in [0.2, 0.25) is 5.02 Å². The second-order valence-electron chi connectivity index (χ2n) is 3.74. The molecule has 2 rings (SSSR count). The molecule has 0 fully saturated rings. The van der Waals surface area contributed by atoms with Crippen molar-refractivity contribution in [2.24, 2.45) is 0 Å². The van der Waals surface area contributed by atoms with E-state index in [-0.39, 0.29) is 5.02 Å². The molecule has 0 radical (unpaired) electrons. The summed E-state index contributed by atoms with van der Waals surface area (Å²) < 4.78 is 38.4. The lowest BCUT2D eigenvalue weighted by Gasteiger charge is -2.11. The van der Waals surface area contributed by atoms with Crippen LogP contribution in [0.4, 0.5) is 18.9 Å². The number of hydrogen-bond donors (Lipinski definition) is 1. The molecule has 0 aliphatic rings. The van der Waals surface area contributed by atoms with Gasteiger partial charge in [0.1, 0.15) is 0 Å². The zero-order chi connectivity index (χ0) is 14.0. The van der Waals surface area contributed by atoms with Gasteiger partial charge in [-0.05, 0) is 45.6 Å². The van der Waals surface area contributed by atoms with Gasteiger partial charge in [0.15, 0.2) is 0 Å². The molecule has 1 aromatic carbocycles. The van der Waals surface area contributed by atoms with E-state index in [1.807, 2.05) is 11.4 Å². The Labute approximate surface area is 125 Å². The van der Waals surface area contributed by atoms with Crippen LogP contribution >= 0.6 is 38.9 Å². The molecule has 7 heteroatoms. The van der Waals surface area contributed by atoms with Gasteiger partial charge in [-0.25, -0.2) is 0 Å². The van der Waals surface area contributed by atoms with Crippen LogP contribution in [0.5, 0.6) is 0 Å². The SMILES string of the molecule is FC(F)(F)c1ccc(NCc2sccc2Br)c(Cl)c1. The van der Waals surface area contributed by atoms with Crippen LogP contribution in [0.1, 0.15) is 10.4 Å². The molecule has 0 aliphatic carbocycles. The van der Waals surface area contributed by atoms with Crippen molar-refractivity contribution >= 4 is 44.6 Å². The molecule has 2 aromatic rings. The summed E-state index contributed by atoms with van der Waals surface area (Å²) in [6.07, 6.45) is -4.38. The third-order valence-electron chi connectivity index (χ3n) is 2.43. The maximum absolute atomic E-state index is 12.5. The fourth-order valence-corrected chi connectivity index (χ4v) is 3.14. The summed E-state index contributed by atoms with van der Waals surface area (Å²) >= 11 is 10.8. The Morgan fingerprint density at radius 3 is 2.53 bits per heavy atom. The van der Waals surface area contributed by atoms with Crippen molar-refractivity contribution < 1.29 is 13.2 Å². The van der Waals surface area contributed by atoms with Crippen LogP contribution in [-0.4, -0.2) is 0 Å². The summed E-state index contributed by atoms with van der Waals surface area (Å²) in [6, 6.07) is 5.19. The Balaban J connectivity index is 2.12. The maximum Gasteiger partial charge on any atom is 0.416 e. The molecule has 0 unspecified atom stereocenters. The summed E-state index contributed by atoms with van der Waals surface area (Å²) in [7, 11) is 0. The van der Waals surface area contributed by atoms with Crippen LogP contribution in [0, 0.1) is 0 Å². The highest BCUT2D eigenvalue weighted by atomic mass is 79.9. The van der Waals surface area contributed by atoms with Crippen LogP contribution in [0.3, 0.4) is 0 Å². The first kappa shape index (κ1) is 14.7. The number of nitrogens with one attached hydrogen (secondary N) is 1. The Bertz CT molecular complexity index is 583. The summed E-state index contributed by atoms with van der Waals surface area (Å²) in [4.78, 5) is 1.05. The first-order chi connectivity index (χ1) is 8.88. The molecule has 1 N–H and O–H groups in total. The molecule has 0 atom stereocenters. The highest BCUT2D eigenvalue weighted by Gasteiger charge is 2.30. The first-order valence-corrected chi connectivity index (χ1v) is 7.25. The van der Waals surface area contributed by atoms with Gasteiger partial charge in [-0.15, -0.1) is 11.3 Å². The second kappa shape index (κ2) is 5.73. The summed E-state index contributed by atoms with van der Waals surface area (Å²) in [6.45, 7) is 0.503. The van der Waals surface area contributed by atoms with E-state index in [1.165, 1.54) is 6.07 Å². The van der Waals surface area contributed by atoms with Gasteiger partial charge in [0, 0.05) is 9.35 Å².